The molecule has 4 heteroatoms. The first-order valence-corrected chi connectivity index (χ1v) is 7.71. The highest BCUT2D eigenvalue weighted by Gasteiger charge is 2.56. The topological polar surface area (TPSA) is 38.8 Å². The average Bonchev–Trinajstić information content (AvgIpc) is 3.29. The van der Waals surface area contributed by atoms with Crippen LogP contribution in [0, 0.1) is 6.92 Å². The molecule has 0 atom stereocenters. The van der Waals surface area contributed by atoms with Gasteiger partial charge in [0.15, 0.2) is 0 Å². The van der Waals surface area contributed by atoms with Gasteiger partial charge in [-0.05, 0) is 50.3 Å². The second kappa shape index (κ2) is 5.68. The largest absolute Gasteiger partial charge is 0.490 e. The Labute approximate surface area is 126 Å². The van der Waals surface area contributed by atoms with Gasteiger partial charge in [-0.1, -0.05) is 12.1 Å². The molecule has 21 heavy (non-hydrogen) atoms. The minimum absolute atomic E-state index is 0.0689. The SMILES string of the molecule is COC(=O)C1(N2CCC(Oc3cccc(C)c3)CC2)CC1. The average molecular weight is 289 g/mol. The van der Waals surface area contributed by atoms with Crippen LogP contribution in [0.5, 0.6) is 5.75 Å². The van der Waals surface area contributed by atoms with Crippen LogP contribution in [0.25, 0.3) is 0 Å². The first-order valence-electron chi connectivity index (χ1n) is 7.71. The van der Waals surface area contributed by atoms with Gasteiger partial charge in [0.1, 0.15) is 17.4 Å². The van der Waals surface area contributed by atoms with E-state index in [9.17, 15) is 4.79 Å². The molecule has 0 aromatic heterocycles. The van der Waals surface area contributed by atoms with Crippen molar-refractivity contribution in [3.8, 4) is 5.75 Å². The summed E-state index contributed by atoms with van der Waals surface area (Å²) >= 11 is 0. The van der Waals surface area contributed by atoms with Crippen LogP contribution in [-0.2, 0) is 9.53 Å². The molecule has 1 saturated carbocycles. The summed E-state index contributed by atoms with van der Waals surface area (Å²) in [5, 5.41) is 0. The normalized spacial score (nSPS) is 21.8. The quantitative estimate of drug-likeness (QED) is 0.799. The van der Waals surface area contributed by atoms with Crippen molar-refractivity contribution < 1.29 is 14.3 Å². The molecule has 3 rings (SSSR count). The second-order valence-electron chi connectivity index (χ2n) is 6.14. The van der Waals surface area contributed by atoms with E-state index in [1.165, 1.54) is 12.7 Å². The Bertz CT molecular complexity index is 517. The lowest BCUT2D eigenvalue weighted by molar-refractivity contribution is -0.149. The minimum atomic E-state index is -0.316. The van der Waals surface area contributed by atoms with Gasteiger partial charge >= 0.3 is 5.97 Å². The molecule has 0 amide bonds. The van der Waals surface area contributed by atoms with Crippen LogP contribution in [0.15, 0.2) is 24.3 Å². The number of hydrogen-bond acceptors (Lipinski definition) is 4. The summed E-state index contributed by atoms with van der Waals surface area (Å²) in [7, 11) is 1.48. The van der Waals surface area contributed by atoms with Gasteiger partial charge in [-0.25, -0.2) is 0 Å². The van der Waals surface area contributed by atoms with Crippen LogP contribution >= 0.6 is 0 Å². The van der Waals surface area contributed by atoms with Gasteiger partial charge in [-0.3, -0.25) is 9.69 Å². The van der Waals surface area contributed by atoms with E-state index in [-0.39, 0.29) is 17.6 Å². The summed E-state index contributed by atoms with van der Waals surface area (Å²) in [4.78, 5) is 14.2. The number of ether oxygens (including phenoxy) is 2. The summed E-state index contributed by atoms with van der Waals surface area (Å²) in [6.07, 6.45) is 4.04. The molecule has 0 unspecified atom stereocenters. The Morgan fingerprint density at radius 2 is 2.00 bits per heavy atom. The van der Waals surface area contributed by atoms with E-state index in [2.05, 4.69) is 24.0 Å². The van der Waals surface area contributed by atoms with Gasteiger partial charge in [0.05, 0.1) is 7.11 Å². The number of benzene rings is 1. The van der Waals surface area contributed by atoms with Crippen molar-refractivity contribution in [3.05, 3.63) is 29.8 Å². The zero-order valence-electron chi connectivity index (χ0n) is 12.8. The van der Waals surface area contributed by atoms with Gasteiger partial charge in [0.2, 0.25) is 0 Å². The highest BCUT2D eigenvalue weighted by molar-refractivity contribution is 5.84. The zero-order chi connectivity index (χ0) is 14.9. The molecular formula is C17H23NO3. The number of aryl methyl sites for hydroxylation is 1. The molecule has 0 N–H and O–H groups in total. The molecule has 1 heterocycles. The minimum Gasteiger partial charge on any atom is -0.490 e. The number of likely N-dealkylation sites (tertiary alicyclic amines) is 1. The molecule has 2 aliphatic rings. The molecule has 1 saturated heterocycles. The van der Waals surface area contributed by atoms with Gasteiger partial charge in [0.25, 0.3) is 0 Å². The predicted molar refractivity (Wildman–Crippen MR) is 80.4 cm³/mol. The molecule has 1 aliphatic carbocycles. The molecule has 1 aromatic rings. The molecule has 1 aliphatic heterocycles. The Kier molecular flexibility index (Phi) is 3.89. The van der Waals surface area contributed by atoms with Gasteiger partial charge in [-0.2, -0.15) is 0 Å². The second-order valence-corrected chi connectivity index (χ2v) is 6.14. The number of carbonyl (C=O) groups excluding carboxylic acids is 1. The van der Waals surface area contributed by atoms with E-state index in [0.29, 0.717) is 0 Å². The highest BCUT2D eigenvalue weighted by atomic mass is 16.5. The number of piperidine rings is 1. The van der Waals surface area contributed by atoms with Crippen LogP contribution in [-0.4, -0.2) is 42.7 Å². The molecular weight excluding hydrogens is 266 g/mol. The Morgan fingerprint density at radius 3 is 2.57 bits per heavy atom. The maximum atomic E-state index is 11.9. The van der Waals surface area contributed by atoms with Gasteiger partial charge in [0, 0.05) is 13.1 Å². The maximum absolute atomic E-state index is 11.9. The van der Waals surface area contributed by atoms with Crippen LogP contribution in [0.1, 0.15) is 31.2 Å². The predicted octanol–water partition coefficient (Wildman–Crippen LogP) is 2.54. The lowest BCUT2D eigenvalue weighted by atomic mass is 10.0. The molecule has 0 spiro atoms. The van der Waals surface area contributed by atoms with Crippen LogP contribution in [0.4, 0.5) is 0 Å². The van der Waals surface area contributed by atoms with E-state index in [4.69, 9.17) is 9.47 Å². The molecule has 4 nitrogen and oxygen atoms in total. The molecule has 0 bridgehead atoms. The van der Waals surface area contributed by atoms with Crippen molar-refractivity contribution in [1.82, 2.24) is 4.90 Å². The van der Waals surface area contributed by atoms with Crippen molar-refractivity contribution in [3.63, 3.8) is 0 Å². The van der Waals surface area contributed by atoms with E-state index in [0.717, 1.165) is 44.5 Å². The third kappa shape index (κ3) is 2.91. The van der Waals surface area contributed by atoms with Crippen molar-refractivity contribution in [2.45, 2.75) is 44.2 Å². The molecule has 2 fully saturated rings. The summed E-state index contributed by atoms with van der Waals surface area (Å²) in [6, 6.07) is 8.18. The van der Waals surface area contributed by atoms with Gasteiger partial charge < -0.3 is 9.47 Å². The molecule has 0 radical (unpaired) electrons. The Morgan fingerprint density at radius 1 is 1.29 bits per heavy atom. The summed E-state index contributed by atoms with van der Waals surface area (Å²) < 4.78 is 11.0. The maximum Gasteiger partial charge on any atom is 0.326 e. The van der Waals surface area contributed by atoms with E-state index >= 15 is 0 Å². The molecule has 1 aromatic carbocycles. The highest BCUT2D eigenvalue weighted by Crippen LogP contribution is 2.44. The monoisotopic (exact) mass is 289 g/mol. The fourth-order valence-electron chi connectivity index (χ4n) is 3.24. The summed E-state index contributed by atoms with van der Waals surface area (Å²) in [5.74, 6) is 0.878. The third-order valence-electron chi connectivity index (χ3n) is 4.63. The standard InChI is InChI=1S/C17H23NO3/c1-13-4-3-5-15(12-13)21-14-6-10-18(11-7-14)17(8-9-17)16(19)20-2/h3-5,12,14H,6-11H2,1-2H3. The molecule has 114 valence electrons. The van der Waals surface area contributed by atoms with Crippen molar-refractivity contribution in [1.29, 1.82) is 0 Å². The smallest absolute Gasteiger partial charge is 0.326 e. The number of nitrogens with zero attached hydrogens (tertiary/aromatic N) is 1. The number of hydrogen-bond donors (Lipinski definition) is 0. The summed E-state index contributed by atoms with van der Waals surface area (Å²) in [5.41, 5.74) is 0.899. The lowest BCUT2D eigenvalue weighted by Crippen LogP contribution is -2.49. The van der Waals surface area contributed by atoms with Crippen LogP contribution < -0.4 is 4.74 Å². The zero-order valence-corrected chi connectivity index (χ0v) is 12.8. The number of methoxy groups -OCH3 is 1. The van der Waals surface area contributed by atoms with Gasteiger partial charge in [-0.15, -0.1) is 0 Å². The first-order chi connectivity index (χ1) is 10.1. The Hall–Kier alpha value is -1.55. The lowest BCUT2D eigenvalue weighted by Gasteiger charge is -2.36. The third-order valence-corrected chi connectivity index (χ3v) is 4.63. The van der Waals surface area contributed by atoms with E-state index in [1.807, 2.05) is 12.1 Å². The number of esters is 1. The van der Waals surface area contributed by atoms with Crippen molar-refractivity contribution in [2.75, 3.05) is 20.2 Å². The van der Waals surface area contributed by atoms with E-state index in [1.54, 1.807) is 0 Å². The number of rotatable bonds is 4. The van der Waals surface area contributed by atoms with E-state index < -0.39 is 0 Å². The first kappa shape index (κ1) is 14.4. The Balaban J connectivity index is 1.55. The van der Waals surface area contributed by atoms with Crippen LogP contribution in [0.3, 0.4) is 0 Å². The van der Waals surface area contributed by atoms with Crippen molar-refractivity contribution >= 4 is 5.97 Å². The fraction of sp³-hybridized carbons (Fsp3) is 0.588. The summed E-state index contributed by atoms with van der Waals surface area (Å²) in [6.45, 7) is 3.89. The van der Waals surface area contributed by atoms with Crippen LogP contribution in [0.2, 0.25) is 0 Å². The van der Waals surface area contributed by atoms with Crippen molar-refractivity contribution in [2.24, 2.45) is 0 Å². The fourth-order valence-corrected chi connectivity index (χ4v) is 3.24. The number of carbonyl (C=O) groups is 1.